The van der Waals surface area contributed by atoms with Gasteiger partial charge in [-0.15, -0.1) is 0 Å². The van der Waals surface area contributed by atoms with Crippen molar-refractivity contribution in [3.63, 3.8) is 0 Å². The van der Waals surface area contributed by atoms with Gasteiger partial charge >= 0.3 is 11.8 Å². The van der Waals surface area contributed by atoms with Crippen molar-refractivity contribution in [1.29, 1.82) is 0 Å². The molecule has 76 valence electrons. The smallest absolute Gasteiger partial charge is 0.323 e. The first kappa shape index (κ1) is 11.9. The lowest BCUT2D eigenvalue weighted by atomic mass is 10.3. The minimum atomic E-state index is -0.762. The van der Waals surface area contributed by atoms with E-state index in [1.807, 2.05) is 26.2 Å². The summed E-state index contributed by atoms with van der Waals surface area (Å²) >= 11 is 0. The first-order chi connectivity index (χ1) is 6.04. The molecule has 0 aromatic rings. The second-order valence-electron chi connectivity index (χ2n) is 3.07. The molecule has 0 saturated carbocycles. The Kier molecular flexibility index (Phi) is 5.06. The van der Waals surface area contributed by atoms with E-state index < -0.39 is 11.8 Å². The summed E-state index contributed by atoms with van der Waals surface area (Å²) in [7, 11) is 0. The molecule has 0 bridgehead atoms. The molecule has 0 rings (SSSR count). The van der Waals surface area contributed by atoms with Crippen molar-refractivity contribution >= 4 is 11.8 Å². The van der Waals surface area contributed by atoms with E-state index in [1.165, 1.54) is 4.90 Å². The van der Waals surface area contributed by atoms with Crippen LogP contribution in [0.3, 0.4) is 0 Å². The molecule has 2 amide bonds. The van der Waals surface area contributed by atoms with Crippen LogP contribution < -0.4 is 11.3 Å². The van der Waals surface area contributed by atoms with Crippen molar-refractivity contribution < 1.29 is 9.59 Å². The fourth-order valence-corrected chi connectivity index (χ4v) is 1.03. The number of amides is 2. The number of carbonyl (C=O) groups is 2. The van der Waals surface area contributed by atoms with Crippen molar-refractivity contribution in [3.8, 4) is 0 Å². The number of carbonyl (C=O) groups excluding carboxylic acids is 2. The SMILES string of the molecule is CCCN(C(=O)C(=O)NN)C(C)C. The second-order valence-corrected chi connectivity index (χ2v) is 3.07. The Morgan fingerprint density at radius 3 is 2.31 bits per heavy atom. The van der Waals surface area contributed by atoms with Gasteiger partial charge in [-0.1, -0.05) is 6.92 Å². The van der Waals surface area contributed by atoms with Gasteiger partial charge in [-0.25, -0.2) is 5.84 Å². The van der Waals surface area contributed by atoms with Crippen LogP contribution in [0.4, 0.5) is 0 Å². The average Bonchev–Trinajstić information content (AvgIpc) is 2.11. The summed E-state index contributed by atoms with van der Waals surface area (Å²) < 4.78 is 0. The van der Waals surface area contributed by atoms with Crippen molar-refractivity contribution in [2.24, 2.45) is 5.84 Å². The maximum atomic E-state index is 11.3. The first-order valence-corrected chi connectivity index (χ1v) is 4.36. The summed E-state index contributed by atoms with van der Waals surface area (Å²) in [6, 6.07) is 0.0183. The molecule has 0 aromatic carbocycles. The zero-order chi connectivity index (χ0) is 10.4. The molecule has 0 saturated heterocycles. The third-order valence-electron chi connectivity index (χ3n) is 1.67. The Morgan fingerprint density at radius 1 is 1.46 bits per heavy atom. The van der Waals surface area contributed by atoms with E-state index in [-0.39, 0.29) is 6.04 Å². The van der Waals surface area contributed by atoms with E-state index >= 15 is 0 Å². The summed E-state index contributed by atoms with van der Waals surface area (Å²) in [5.74, 6) is 3.53. The number of nitrogens with zero attached hydrogens (tertiary/aromatic N) is 1. The van der Waals surface area contributed by atoms with Crippen LogP contribution in [-0.4, -0.2) is 29.3 Å². The lowest BCUT2D eigenvalue weighted by Gasteiger charge is -2.24. The third-order valence-corrected chi connectivity index (χ3v) is 1.67. The van der Waals surface area contributed by atoms with Crippen molar-refractivity contribution in [2.45, 2.75) is 33.2 Å². The van der Waals surface area contributed by atoms with Crippen LogP contribution in [0.5, 0.6) is 0 Å². The van der Waals surface area contributed by atoms with Crippen LogP contribution in [0.2, 0.25) is 0 Å². The van der Waals surface area contributed by atoms with Gasteiger partial charge in [0.1, 0.15) is 0 Å². The predicted octanol–water partition coefficient (Wildman–Crippen LogP) is -0.377. The molecule has 0 atom stereocenters. The number of nitrogens with two attached hydrogens (primary N) is 1. The summed E-state index contributed by atoms with van der Waals surface area (Å²) in [4.78, 5) is 23.7. The molecular weight excluding hydrogens is 170 g/mol. The average molecular weight is 187 g/mol. The van der Waals surface area contributed by atoms with Crippen LogP contribution in [0.25, 0.3) is 0 Å². The highest BCUT2D eigenvalue weighted by molar-refractivity contribution is 6.34. The quantitative estimate of drug-likeness (QED) is 0.274. The monoisotopic (exact) mass is 187 g/mol. The van der Waals surface area contributed by atoms with Crippen molar-refractivity contribution in [1.82, 2.24) is 10.3 Å². The maximum Gasteiger partial charge on any atom is 0.323 e. The zero-order valence-corrected chi connectivity index (χ0v) is 8.33. The molecule has 3 N–H and O–H groups in total. The van der Waals surface area contributed by atoms with E-state index in [2.05, 4.69) is 0 Å². The second kappa shape index (κ2) is 5.53. The molecule has 0 radical (unpaired) electrons. The fourth-order valence-electron chi connectivity index (χ4n) is 1.03. The Morgan fingerprint density at radius 2 is 2.00 bits per heavy atom. The molecule has 0 aliphatic heterocycles. The molecule has 0 heterocycles. The van der Waals surface area contributed by atoms with Crippen molar-refractivity contribution in [2.75, 3.05) is 6.54 Å². The van der Waals surface area contributed by atoms with Gasteiger partial charge in [0.2, 0.25) is 0 Å². The topological polar surface area (TPSA) is 75.4 Å². The molecule has 0 aromatic heterocycles. The normalized spacial score (nSPS) is 9.92. The van der Waals surface area contributed by atoms with Crippen molar-refractivity contribution in [3.05, 3.63) is 0 Å². The standard InChI is InChI=1S/C8H17N3O2/c1-4-5-11(6(2)3)8(13)7(12)10-9/h6H,4-5,9H2,1-3H3,(H,10,12). The van der Waals surface area contributed by atoms with E-state index in [4.69, 9.17) is 5.84 Å². The van der Waals surface area contributed by atoms with E-state index in [0.717, 1.165) is 6.42 Å². The van der Waals surface area contributed by atoms with Gasteiger partial charge in [0, 0.05) is 12.6 Å². The van der Waals surface area contributed by atoms with Crippen LogP contribution in [-0.2, 0) is 9.59 Å². The van der Waals surface area contributed by atoms with Gasteiger partial charge < -0.3 is 4.90 Å². The highest BCUT2D eigenvalue weighted by Gasteiger charge is 2.22. The van der Waals surface area contributed by atoms with Gasteiger partial charge in [-0.05, 0) is 20.3 Å². The molecule has 13 heavy (non-hydrogen) atoms. The number of rotatable bonds is 3. The predicted molar refractivity (Wildman–Crippen MR) is 49.5 cm³/mol. The Balaban J connectivity index is 4.36. The van der Waals surface area contributed by atoms with Crippen LogP contribution in [0.15, 0.2) is 0 Å². The largest absolute Gasteiger partial charge is 0.332 e. The number of hydrogen-bond donors (Lipinski definition) is 2. The lowest BCUT2D eigenvalue weighted by molar-refractivity contribution is -0.147. The molecule has 0 fully saturated rings. The lowest BCUT2D eigenvalue weighted by Crippen LogP contribution is -2.48. The van der Waals surface area contributed by atoms with Crippen LogP contribution in [0.1, 0.15) is 27.2 Å². The van der Waals surface area contributed by atoms with Crippen LogP contribution >= 0.6 is 0 Å². The Bertz CT molecular complexity index is 192. The molecule has 0 aliphatic carbocycles. The molecule has 5 nitrogen and oxygen atoms in total. The molecular formula is C8H17N3O2. The Hall–Kier alpha value is -1.10. The molecule has 0 unspecified atom stereocenters. The van der Waals surface area contributed by atoms with Gasteiger partial charge in [-0.3, -0.25) is 15.0 Å². The minimum absolute atomic E-state index is 0.0183. The highest BCUT2D eigenvalue weighted by atomic mass is 16.2. The zero-order valence-electron chi connectivity index (χ0n) is 8.33. The van der Waals surface area contributed by atoms with Gasteiger partial charge in [-0.2, -0.15) is 0 Å². The number of nitrogens with one attached hydrogen (secondary N) is 1. The summed E-state index contributed by atoms with van der Waals surface area (Å²) in [6.45, 7) is 6.24. The highest BCUT2D eigenvalue weighted by Crippen LogP contribution is 2.00. The van der Waals surface area contributed by atoms with E-state index in [0.29, 0.717) is 6.54 Å². The molecule has 0 aliphatic rings. The van der Waals surface area contributed by atoms with E-state index in [1.54, 1.807) is 0 Å². The van der Waals surface area contributed by atoms with Gasteiger partial charge in [0.05, 0.1) is 0 Å². The minimum Gasteiger partial charge on any atom is -0.332 e. The Labute approximate surface area is 78.2 Å². The number of hydrazine groups is 1. The molecule has 0 spiro atoms. The first-order valence-electron chi connectivity index (χ1n) is 4.36. The maximum absolute atomic E-state index is 11.3. The van der Waals surface area contributed by atoms with Gasteiger partial charge in [0.25, 0.3) is 0 Å². The summed E-state index contributed by atoms with van der Waals surface area (Å²) in [5.41, 5.74) is 1.83. The number of hydrogen-bond acceptors (Lipinski definition) is 3. The van der Waals surface area contributed by atoms with E-state index in [9.17, 15) is 9.59 Å². The molecule has 5 heteroatoms. The third kappa shape index (κ3) is 3.42. The summed E-state index contributed by atoms with van der Waals surface area (Å²) in [6.07, 6.45) is 0.821. The van der Waals surface area contributed by atoms with Crippen LogP contribution in [0, 0.1) is 0 Å². The summed E-state index contributed by atoms with van der Waals surface area (Å²) in [5, 5.41) is 0. The fraction of sp³-hybridized carbons (Fsp3) is 0.750. The van der Waals surface area contributed by atoms with Gasteiger partial charge in [0.15, 0.2) is 0 Å².